The molecule has 6 aromatic carbocycles. The number of hydrogen-bond acceptors (Lipinski definition) is 4. The Hall–Kier alpha value is -5.16. The number of allylic oxidation sites excluding steroid dienone is 4. The monoisotopic (exact) mass is 652 g/mol. The van der Waals surface area contributed by atoms with Gasteiger partial charge in [-0.05, 0) is 44.5 Å². The molecule has 2 aliphatic carbocycles. The minimum Gasteiger partial charge on any atom is -0.288 e. The third-order valence-electron chi connectivity index (χ3n) is 9.55. The van der Waals surface area contributed by atoms with Crippen molar-refractivity contribution in [2.75, 3.05) is 0 Å². The van der Waals surface area contributed by atoms with Crippen LogP contribution in [-0.4, -0.2) is 11.6 Å². The predicted molar refractivity (Wildman–Crippen MR) is 198 cm³/mol. The first-order valence-corrected chi connectivity index (χ1v) is 17.7. The van der Waals surface area contributed by atoms with Gasteiger partial charge in [-0.15, -0.1) is 0 Å². The Kier molecular flexibility index (Phi) is 7.14. The molecular weight excluding hydrogens is 625 g/mol. The topological polar surface area (TPSA) is 34.1 Å². The van der Waals surface area contributed by atoms with E-state index in [1.54, 1.807) is 11.8 Å². The molecule has 0 N–H and O–H groups in total. The largest absolute Gasteiger partial charge is 0.288 e. The molecule has 48 heavy (non-hydrogen) atoms. The van der Waals surface area contributed by atoms with Crippen LogP contribution in [0.4, 0.5) is 0 Å². The Labute approximate surface area is 288 Å². The van der Waals surface area contributed by atoms with Crippen molar-refractivity contribution in [1.82, 2.24) is 0 Å². The average Bonchev–Trinajstić information content (AvgIpc) is 3.67. The van der Waals surface area contributed by atoms with Crippen molar-refractivity contribution in [3.63, 3.8) is 0 Å². The first-order chi connectivity index (χ1) is 23.7. The summed E-state index contributed by atoms with van der Waals surface area (Å²) in [6, 6.07) is 53.1. The van der Waals surface area contributed by atoms with E-state index in [0.717, 1.165) is 9.81 Å². The van der Waals surface area contributed by atoms with Crippen molar-refractivity contribution < 1.29 is 9.59 Å². The molecule has 3 aliphatic rings. The summed E-state index contributed by atoms with van der Waals surface area (Å²) in [5.74, 6) is -0.412. The van der Waals surface area contributed by atoms with Crippen molar-refractivity contribution in [3.8, 4) is 22.3 Å². The van der Waals surface area contributed by atoms with Crippen molar-refractivity contribution in [2.45, 2.75) is 11.8 Å². The molecule has 1 heterocycles. The van der Waals surface area contributed by atoms with E-state index < -0.39 is 0 Å². The van der Waals surface area contributed by atoms with Crippen LogP contribution in [-0.2, 0) is 0 Å². The maximum atomic E-state index is 14.7. The molecule has 0 aromatic heterocycles. The van der Waals surface area contributed by atoms with Crippen LogP contribution in [0.1, 0.15) is 54.8 Å². The quantitative estimate of drug-likeness (QED) is 0.168. The van der Waals surface area contributed by atoms with E-state index in [1.165, 1.54) is 56.3 Å². The van der Waals surface area contributed by atoms with Crippen LogP contribution in [0.5, 0.6) is 0 Å². The third kappa shape index (κ3) is 4.59. The van der Waals surface area contributed by atoms with Crippen molar-refractivity contribution in [2.24, 2.45) is 0 Å². The summed E-state index contributed by atoms with van der Waals surface area (Å²) in [7, 11) is 0. The van der Waals surface area contributed by atoms with Gasteiger partial charge in [0, 0.05) is 32.8 Å². The van der Waals surface area contributed by atoms with Crippen LogP contribution in [0.2, 0.25) is 0 Å². The van der Waals surface area contributed by atoms with Crippen LogP contribution in [0.25, 0.3) is 22.3 Å². The molecule has 1 aliphatic heterocycles. The normalized spacial score (nSPS) is 15.2. The van der Waals surface area contributed by atoms with Gasteiger partial charge in [-0.1, -0.05) is 181 Å². The SMILES string of the molecule is O=C(C1=C(C2c3ccccc3-c3ccccc32)SC(C2c3ccccc3-c3ccccc32)=C(C(=O)c2ccccc2)S1)c1ccccc1. The van der Waals surface area contributed by atoms with Crippen LogP contribution in [0, 0.1) is 0 Å². The maximum Gasteiger partial charge on any atom is 0.200 e. The fourth-order valence-corrected chi connectivity index (χ4v) is 10.3. The highest BCUT2D eigenvalue weighted by atomic mass is 32.2. The zero-order chi connectivity index (χ0) is 32.2. The lowest BCUT2D eigenvalue weighted by Crippen LogP contribution is -2.17. The summed E-state index contributed by atoms with van der Waals surface area (Å²) in [6.45, 7) is 0. The number of benzene rings is 6. The Morgan fingerprint density at radius 3 is 0.979 bits per heavy atom. The Balaban J connectivity index is 1.31. The second-order valence-electron chi connectivity index (χ2n) is 12.2. The Morgan fingerprint density at radius 2 is 0.646 bits per heavy atom. The minimum absolute atomic E-state index is 0.0606. The third-order valence-corrected chi connectivity index (χ3v) is 12.3. The molecule has 4 heteroatoms. The molecule has 0 spiro atoms. The van der Waals surface area contributed by atoms with Crippen LogP contribution in [0.15, 0.2) is 177 Å². The number of thioether (sulfide) groups is 2. The smallest absolute Gasteiger partial charge is 0.200 e. The molecule has 2 nitrogen and oxygen atoms in total. The van der Waals surface area contributed by atoms with Gasteiger partial charge in [0.15, 0.2) is 0 Å². The first kappa shape index (κ1) is 29.0. The zero-order valence-electron chi connectivity index (χ0n) is 25.8. The molecular formula is C44H28O2S2. The lowest BCUT2D eigenvalue weighted by atomic mass is 9.94. The summed E-state index contributed by atoms with van der Waals surface area (Å²) < 4.78 is 0. The molecule has 0 amide bonds. The number of fused-ring (bicyclic) bond motifs is 6. The van der Waals surface area contributed by atoms with Gasteiger partial charge >= 0.3 is 0 Å². The van der Waals surface area contributed by atoms with E-state index >= 15 is 0 Å². The molecule has 0 saturated heterocycles. The van der Waals surface area contributed by atoms with Crippen molar-refractivity contribution >= 4 is 35.1 Å². The number of hydrogen-bond donors (Lipinski definition) is 0. The highest BCUT2D eigenvalue weighted by molar-refractivity contribution is 8.14. The van der Waals surface area contributed by atoms with E-state index in [-0.39, 0.29) is 23.4 Å². The molecule has 9 rings (SSSR count). The number of carbonyl (C=O) groups excluding carboxylic acids is 2. The van der Waals surface area contributed by atoms with Gasteiger partial charge in [-0.2, -0.15) is 0 Å². The van der Waals surface area contributed by atoms with Gasteiger partial charge < -0.3 is 0 Å². The Morgan fingerprint density at radius 1 is 0.354 bits per heavy atom. The number of carbonyl (C=O) groups is 2. The summed E-state index contributed by atoms with van der Waals surface area (Å²) in [6.07, 6.45) is 0. The molecule has 0 fully saturated rings. The highest BCUT2D eigenvalue weighted by Gasteiger charge is 2.43. The lowest BCUT2D eigenvalue weighted by molar-refractivity contribution is 0.103. The van der Waals surface area contributed by atoms with E-state index in [1.807, 2.05) is 60.7 Å². The lowest BCUT2D eigenvalue weighted by Gasteiger charge is -2.31. The maximum absolute atomic E-state index is 14.7. The average molecular weight is 653 g/mol. The van der Waals surface area contributed by atoms with E-state index in [2.05, 4.69) is 97.1 Å². The molecule has 0 bridgehead atoms. The number of Topliss-reactive ketones (excluding diaryl/α,β-unsaturated/α-hetero) is 2. The molecule has 0 atom stereocenters. The summed E-state index contributed by atoms with van der Waals surface area (Å²) in [5, 5.41) is 0. The number of rotatable bonds is 6. The second-order valence-corrected chi connectivity index (χ2v) is 14.3. The van der Waals surface area contributed by atoms with Crippen LogP contribution in [0.3, 0.4) is 0 Å². The molecule has 0 unspecified atom stereocenters. The van der Waals surface area contributed by atoms with Crippen LogP contribution < -0.4 is 0 Å². The zero-order valence-corrected chi connectivity index (χ0v) is 27.4. The van der Waals surface area contributed by atoms with Gasteiger partial charge in [0.05, 0.1) is 9.81 Å². The van der Waals surface area contributed by atoms with Gasteiger partial charge in [-0.3, -0.25) is 9.59 Å². The highest BCUT2D eigenvalue weighted by Crippen LogP contribution is 2.62. The predicted octanol–water partition coefficient (Wildman–Crippen LogP) is 11.3. The van der Waals surface area contributed by atoms with Gasteiger partial charge in [-0.25, -0.2) is 0 Å². The summed E-state index contributed by atoms with van der Waals surface area (Å²) in [5.41, 5.74) is 10.7. The first-order valence-electron chi connectivity index (χ1n) is 16.1. The van der Waals surface area contributed by atoms with Crippen molar-refractivity contribution in [3.05, 3.63) is 211 Å². The standard InChI is InChI=1S/C44H28O2S2/c45-39(27-15-3-1-4-16-27)43-41(37-33-23-11-7-19-29(33)30-20-8-12-24-34(30)37)47-42(44(48-43)40(46)28-17-5-2-6-18-28)38-35-25-13-9-21-31(35)32-22-10-14-26-36(32)38/h1-26,37-38H. The van der Waals surface area contributed by atoms with Gasteiger partial charge in [0.1, 0.15) is 0 Å². The fraction of sp³-hybridized carbons (Fsp3) is 0.0455. The fourth-order valence-electron chi connectivity index (χ4n) is 7.43. The molecule has 6 aromatic rings. The molecule has 228 valence electrons. The minimum atomic E-state index is -0.146. The molecule has 0 saturated carbocycles. The van der Waals surface area contributed by atoms with Gasteiger partial charge in [0.25, 0.3) is 0 Å². The second kappa shape index (κ2) is 11.8. The van der Waals surface area contributed by atoms with E-state index in [4.69, 9.17) is 0 Å². The van der Waals surface area contributed by atoms with E-state index in [0.29, 0.717) is 20.9 Å². The van der Waals surface area contributed by atoms with Crippen molar-refractivity contribution in [1.29, 1.82) is 0 Å². The Bertz CT molecular complexity index is 2080. The summed E-state index contributed by atoms with van der Waals surface area (Å²) >= 11 is 3.00. The number of ketones is 2. The molecule has 0 radical (unpaired) electrons. The summed E-state index contributed by atoms with van der Waals surface area (Å²) in [4.78, 5) is 32.6. The van der Waals surface area contributed by atoms with Crippen LogP contribution >= 0.6 is 23.5 Å². The van der Waals surface area contributed by atoms with Gasteiger partial charge in [0.2, 0.25) is 11.6 Å². The van der Waals surface area contributed by atoms with E-state index in [9.17, 15) is 9.59 Å².